The van der Waals surface area contributed by atoms with Crippen LogP contribution in [0.2, 0.25) is 0 Å². The van der Waals surface area contributed by atoms with Crippen LogP contribution < -0.4 is 9.46 Å². The van der Waals surface area contributed by atoms with Crippen LogP contribution in [0.5, 0.6) is 5.75 Å². The molecule has 1 aliphatic heterocycles. The molecule has 52 heavy (non-hydrogen) atoms. The number of carbonyl (C=O) groups excluding carboxylic acids is 3. The van der Waals surface area contributed by atoms with Gasteiger partial charge < -0.3 is 35.0 Å². The van der Waals surface area contributed by atoms with Crippen LogP contribution in [0.1, 0.15) is 53.0 Å². The first-order chi connectivity index (χ1) is 24.7. The number of ether oxygens (including phenoxy) is 1. The summed E-state index contributed by atoms with van der Waals surface area (Å²) in [7, 11) is 3.49. The lowest BCUT2D eigenvalue weighted by molar-refractivity contribution is -0.187. The molecule has 1 heterocycles. The van der Waals surface area contributed by atoms with Crippen molar-refractivity contribution in [2.24, 2.45) is 5.92 Å². The summed E-state index contributed by atoms with van der Waals surface area (Å²) in [5, 5.41) is 40.0. The summed E-state index contributed by atoms with van der Waals surface area (Å²) < 4.78 is 8.11. The van der Waals surface area contributed by atoms with Crippen molar-refractivity contribution in [3.8, 4) is 5.75 Å². The first-order valence-corrected chi connectivity index (χ1v) is 17.7. The van der Waals surface area contributed by atoms with Gasteiger partial charge in [-0.25, -0.2) is 9.59 Å². The molecule has 0 aliphatic carbocycles. The maximum atomic E-state index is 12.6. The maximum Gasteiger partial charge on any atom is 0.348 e. The molecular formula is C38H47N3O10S. The lowest BCUT2D eigenvalue weighted by Crippen LogP contribution is -2.71. The fourth-order valence-electron chi connectivity index (χ4n) is 6.06. The molecule has 0 spiro atoms. The number of amides is 1. The quantitative estimate of drug-likeness (QED) is 0.0854. The molecule has 0 radical (unpaired) electrons. The zero-order chi connectivity index (χ0) is 38.5. The van der Waals surface area contributed by atoms with Crippen molar-refractivity contribution >= 4 is 40.7 Å². The largest absolute Gasteiger partial charge is 0.497 e. The maximum absolute atomic E-state index is 12.6. The molecule has 14 heteroatoms. The minimum absolute atomic E-state index is 0.145. The van der Waals surface area contributed by atoms with Crippen LogP contribution >= 0.6 is 11.9 Å². The normalized spacial score (nSPS) is 16.0. The highest BCUT2D eigenvalue weighted by Gasteiger charge is 2.69. The lowest BCUT2D eigenvalue weighted by Gasteiger charge is -2.36. The van der Waals surface area contributed by atoms with Crippen molar-refractivity contribution in [3.05, 3.63) is 102 Å². The Morgan fingerprint density at radius 3 is 1.69 bits per heavy atom. The highest BCUT2D eigenvalue weighted by Crippen LogP contribution is 2.32. The van der Waals surface area contributed by atoms with E-state index in [0.29, 0.717) is 12.0 Å². The highest BCUT2D eigenvalue weighted by atomic mass is 32.2. The molecule has 3 atom stereocenters. The summed E-state index contributed by atoms with van der Waals surface area (Å²) in [5.74, 6) is -6.44. The van der Waals surface area contributed by atoms with Crippen LogP contribution in [0.3, 0.4) is 0 Å². The molecule has 1 amide bonds. The topological polar surface area (TPSA) is 194 Å². The summed E-state index contributed by atoms with van der Waals surface area (Å²) in [4.78, 5) is 65.0. The SMILES string of the molecule is CCN(CC1CCN(C(=O)SNC)CC1)C(C)Cc1ccc(OC)cc1.O=C(O)C(O)(C(=O)c1ccccc1)C(O)(C(=O)O)C(=O)c1ccccc1. The number of aliphatic carboxylic acids is 2. The van der Waals surface area contributed by atoms with E-state index in [1.54, 1.807) is 14.2 Å². The first kappa shape index (κ1) is 41.8. The highest BCUT2D eigenvalue weighted by molar-refractivity contribution is 8.11. The van der Waals surface area contributed by atoms with Crippen molar-refractivity contribution in [2.45, 2.75) is 50.4 Å². The number of nitrogens with zero attached hydrogens (tertiary/aromatic N) is 2. The Morgan fingerprint density at radius 1 is 0.846 bits per heavy atom. The van der Waals surface area contributed by atoms with E-state index in [0.717, 1.165) is 75.5 Å². The molecule has 4 rings (SSSR count). The Balaban J connectivity index is 0.000000280. The van der Waals surface area contributed by atoms with Gasteiger partial charge in [0.15, 0.2) is 0 Å². The average Bonchev–Trinajstić information content (AvgIpc) is 3.17. The van der Waals surface area contributed by atoms with Crippen LogP contribution in [-0.2, 0) is 16.0 Å². The van der Waals surface area contributed by atoms with E-state index in [-0.39, 0.29) is 5.24 Å². The number of rotatable bonds is 15. The number of hydrogen-bond acceptors (Lipinski definition) is 11. The summed E-state index contributed by atoms with van der Waals surface area (Å²) in [5.41, 5.74) is -7.34. The Labute approximate surface area is 307 Å². The smallest absolute Gasteiger partial charge is 0.348 e. The Bertz CT molecular complexity index is 1580. The molecule has 1 aliphatic rings. The molecule has 0 bridgehead atoms. The number of benzene rings is 3. The van der Waals surface area contributed by atoms with Crippen LogP contribution in [0.4, 0.5) is 4.79 Å². The number of likely N-dealkylation sites (tertiary alicyclic amines) is 1. The molecule has 3 aromatic carbocycles. The van der Waals surface area contributed by atoms with E-state index in [1.807, 2.05) is 17.0 Å². The van der Waals surface area contributed by atoms with E-state index < -0.39 is 45.8 Å². The van der Waals surface area contributed by atoms with Crippen LogP contribution in [0, 0.1) is 5.92 Å². The van der Waals surface area contributed by atoms with Gasteiger partial charge in [-0.3, -0.25) is 19.1 Å². The number of carboxylic acids is 2. The molecule has 1 fully saturated rings. The van der Waals surface area contributed by atoms with Crippen LogP contribution in [0.15, 0.2) is 84.9 Å². The van der Waals surface area contributed by atoms with Gasteiger partial charge in [0.2, 0.25) is 11.6 Å². The van der Waals surface area contributed by atoms with Crippen molar-refractivity contribution in [2.75, 3.05) is 40.3 Å². The predicted molar refractivity (Wildman–Crippen MR) is 196 cm³/mol. The average molecular weight is 738 g/mol. The summed E-state index contributed by atoms with van der Waals surface area (Å²) >= 11 is 1.18. The van der Waals surface area contributed by atoms with Crippen molar-refractivity contribution < 1.29 is 49.1 Å². The second-order valence-corrected chi connectivity index (χ2v) is 13.4. The minimum atomic E-state index is -3.95. The molecule has 0 saturated carbocycles. The van der Waals surface area contributed by atoms with E-state index in [1.165, 1.54) is 53.9 Å². The first-order valence-electron chi connectivity index (χ1n) is 16.8. The molecule has 3 unspecified atom stereocenters. The number of carbonyl (C=O) groups is 5. The van der Waals surface area contributed by atoms with Gasteiger partial charge >= 0.3 is 11.9 Å². The summed E-state index contributed by atoms with van der Waals surface area (Å²) in [6.45, 7) is 8.50. The molecule has 3 aromatic rings. The van der Waals surface area contributed by atoms with Gasteiger partial charge in [0, 0.05) is 48.8 Å². The molecule has 5 N–H and O–H groups in total. The van der Waals surface area contributed by atoms with Crippen LogP contribution in [-0.4, -0.2) is 117 Å². The minimum Gasteiger partial charge on any atom is -0.497 e. The summed E-state index contributed by atoms with van der Waals surface area (Å²) in [6, 6.07) is 21.7. The Hall–Kier alpha value is -4.60. The lowest BCUT2D eigenvalue weighted by atomic mass is 9.73. The second kappa shape index (κ2) is 19.3. The molecule has 0 aromatic heterocycles. The van der Waals surface area contributed by atoms with Gasteiger partial charge in [-0.2, -0.15) is 0 Å². The predicted octanol–water partition coefficient (Wildman–Crippen LogP) is 4.03. The number of likely N-dealkylation sites (N-methyl/N-ethyl adjacent to an activating group) is 1. The third-order valence-corrected chi connectivity index (χ3v) is 9.78. The second-order valence-electron chi connectivity index (χ2n) is 12.4. The fourth-order valence-corrected chi connectivity index (χ4v) is 6.55. The van der Waals surface area contributed by atoms with Gasteiger partial charge in [-0.05, 0) is 63.4 Å². The molecular weight excluding hydrogens is 690 g/mol. The van der Waals surface area contributed by atoms with E-state index in [2.05, 4.69) is 35.6 Å². The van der Waals surface area contributed by atoms with E-state index >= 15 is 0 Å². The van der Waals surface area contributed by atoms with Crippen molar-refractivity contribution in [3.63, 3.8) is 0 Å². The number of hydrogen-bond donors (Lipinski definition) is 5. The standard InChI is InChI=1S/C20H33N3O2S.C18H14O8/c1-5-22(16(2)14-17-6-8-19(25-4)9-7-17)15-18-10-12-23(13-11-18)20(24)26-21-3;19-13(11-7-3-1-4-8-11)17(25,15(21)22)18(26,16(23)24)14(20)12-9-5-2-6-10-12/h6-9,16,18,21H,5,10-15H2,1-4H3;1-10,25-26H,(H,21,22)(H,23,24). The monoisotopic (exact) mass is 737 g/mol. The van der Waals surface area contributed by atoms with E-state index in [9.17, 15) is 44.4 Å². The van der Waals surface area contributed by atoms with Gasteiger partial charge in [-0.1, -0.05) is 79.7 Å². The fraction of sp³-hybridized carbons (Fsp3) is 0.395. The molecule has 13 nitrogen and oxygen atoms in total. The number of carboxylic acid groups (broad SMARTS) is 2. The van der Waals surface area contributed by atoms with Gasteiger partial charge in [0.1, 0.15) is 5.75 Å². The third kappa shape index (κ3) is 9.83. The molecule has 280 valence electrons. The Kier molecular flexibility index (Phi) is 15.5. The number of Topliss-reactive ketones (excluding diaryl/α,β-unsaturated/α-hetero) is 2. The number of piperidine rings is 1. The Morgan fingerprint density at radius 2 is 1.31 bits per heavy atom. The van der Waals surface area contributed by atoms with Crippen LogP contribution in [0.25, 0.3) is 0 Å². The van der Waals surface area contributed by atoms with Crippen molar-refractivity contribution in [1.82, 2.24) is 14.5 Å². The van der Waals surface area contributed by atoms with Crippen molar-refractivity contribution in [1.29, 1.82) is 0 Å². The van der Waals surface area contributed by atoms with Gasteiger partial charge in [-0.15, -0.1) is 0 Å². The third-order valence-electron chi connectivity index (χ3n) is 9.15. The zero-order valence-corrected chi connectivity index (χ0v) is 30.5. The number of aliphatic hydroxyl groups is 2. The number of methoxy groups -OCH3 is 1. The number of nitrogens with one attached hydrogen (secondary N) is 1. The zero-order valence-electron chi connectivity index (χ0n) is 29.7. The molecule has 1 saturated heterocycles. The van der Waals surface area contributed by atoms with Gasteiger partial charge in [0.05, 0.1) is 7.11 Å². The number of ketones is 2. The summed E-state index contributed by atoms with van der Waals surface area (Å²) in [6.07, 6.45) is 3.25. The van der Waals surface area contributed by atoms with Gasteiger partial charge in [0.25, 0.3) is 16.4 Å². The van der Waals surface area contributed by atoms with E-state index in [4.69, 9.17) is 4.74 Å².